The molecule has 1 amide bonds. The van der Waals surface area contributed by atoms with Crippen molar-refractivity contribution in [1.82, 2.24) is 5.48 Å². The molecule has 0 aliphatic carbocycles. The van der Waals surface area contributed by atoms with Crippen molar-refractivity contribution >= 4 is 28.8 Å². The fraction of sp³-hybridized carbons (Fsp3) is 0.444. The molecule has 1 heterocycles. The summed E-state index contributed by atoms with van der Waals surface area (Å²) in [6.45, 7) is 3.48. The Morgan fingerprint density at radius 1 is 1.80 bits per heavy atom. The Kier molecular flexibility index (Phi) is 4.53. The Labute approximate surface area is 96.8 Å². The van der Waals surface area contributed by atoms with E-state index in [2.05, 4.69) is 5.48 Å². The van der Waals surface area contributed by atoms with Crippen molar-refractivity contribution < 1.29 is 14.7 Å². The number of aryl methyl sites for hydroxylation is 1. The third kappa shape index (κ3) is 3.79. The van der Waals surface area contributed by atoms with Gasteiger partial charge in [0.2, 0.25) is 0 Å². The fourth-order valence-electron chi connectivity index (χ4n) is 0.912. The first kappa shape index (κ1) is 12.4. The predicted molar refractivity (Wildman–Crippen MR) is 59.2 cm³/mol. The fourth-order valence-corrected chi connectivity index (χ4v) is 2.13. The van der Waals surface area contributed by atoms with Crippen molar-refractivity contribution in [1.29, 1.82) is 0 Å². The molecule has 0 bridgehead atoms. The summed E-state index contributed by atoms with van der Waals surface area (Å²) in [4.78, 5) is 17.6. The van der Waals surface area contributed by atoms with Gasteiger partial charge in [0.25, 0.3) is 5.91 Å². The number of nitrogens with one attached hydrogen (secondary N) is 1. The third-order valence-corrected chi connectivity index (χ3v) is 2.96. The maximum Gasteiger partial charge on any atom is 0.286 e. The number of carbonyl (C=O) groups is 1. The maximum atomic E-state index is 11.5. The molecule has 1 atom stereocenters. The molecular formula is C9H12ClNO3S. The average molecular weight is 250 g/mol. The van der Waals surface area contributed by atoms with Crippen molar-refractivity contribution in [3.63, 3.8) is 0 Å². The molecule has 1 aromatic heterocycles. The van der Waals surface area contributed by atoms with Gasteiger partial charge in [0.05, 0.1) is 11.1 Å². The van der Waals surface area contributed by atoms with Crippen LogP contribution in [0.4, 0.5) is 0 Å². The highest BCUT2D eigenvalue weighted by Gasteiger charge is 2.13. The first-order chi connectivity index (χ1) is 7.00. The molecule has 0 aliphatic heterocycles. The van der Waals surface area contributed by atoms with Crippen LogP contribution in [0.2, 0.25) is 5.02 Å². The van der Waals surface area contributed by atoms with Crippen molar-refractivity contribution in [3.05, 3.63) is 20.8 Å². The van der Waals surface area contributed by atoms with Gasteiger partial charge >= 0.3 is 0 Å². The first-order valence-corrected chi connectivity index (χ1v) is 5.56. The summed E-state index contributed by atoms with van der Waals surface area (Å²) >= 11 is 7.12. The number of carbonyl (C=O) groups excluding carboxylic acids is 1. The zero-order valence-corrected chi connectivity index (χ0v) is 9.98. The molecule has 6 heteroatoms. The zero-order chi connectivity index (χ0) is 11.4. The third-order valence-electron chi connectivity index (χ3n) is 1.51. The number of hydroxylamine groups is 1. The standard InChI is InChI=1S/C9H12ClNO3S/c1-5(12)4-14-11-9(13)8-7(10)3-6(2)15-8/h3,5,12H,4H2,1-2H3,(H,11,13)/t5-/m0/s1. The number of rotatable bonds is 4. The minimum absolute atomic E-state index is 0.0493. The molecule has 2 N–H and O–H groups in total. The van der Waals surface area contributed by atoms with Crippen molar-refractivity contribution in [2.75, 3.05) is 6.61 Å². The van der Waals surface area contributed by atoms with E-state index in [-0.39, 0.29) is 6.61 Å². The molecule has 0 unspecified atom stereocenters. The van der Waals surface area contributed by atoms with Crippen molar-refractivity contribution in [2.24, 2.45) is 0 Å². The molecule has 84 valence electrons. The summed E-state index contributed by atoms with van der Waals surface area (Å²) in [7, 11) is 0. The highest BCUT2D eigenvalue weighted by atomic mass is 35.5. The second-order valence-electron chi connectivity index (χ2n) is 3.13. The lowest BCUT2D eigenvalue weighted by Crippen LogP contribution is -2.26. The molecule has 1 aromatic rings. The van der Waals surface area contributed by atoms with Crippen LogP contribution in [0, 0.1) is 6.92 Å². The van der Waals surface area contributed by atoms with Gasteiger partial charge < -0.3 is 5.11 Å². The summed E-state index contributed by atoms with van der Waals surface area (Å²) in [6.07, 6.45) is -0.620. The van der Waals surface area contributed by atoms with E-state index in [0.717, 1.165) is 4.88 Å². The monoisotopic (exact) mass is 249 g/mol. The lowest BCUT2D eigenvalue weighted by molar-refractivity contribution is -0.00664. The van der Waals surface area contributed by atoms with Crippen LogP contribution in [0.15, 0.2) is 6.07 Å². The molecule has 0 fully saturated rings. The van der Waals surface area contributed by atoms with E-state index in [1.807, 2.05) is 6.92 Å². The van der Waals surface area contributed by atoms with E-state index < -0.39 is 12.0 Å². The minimum Gasteiger partial charge on any atom is -0.391 e. The van der Waals surface area contributed by atoms with Gasteiger partial charge in [-0.3, -0.25) is 9.63 Å². The van der Waals surface area contributed by atoms with Gasteiger partial charge in [0.15, 0.2) is 0 Å². The van der Waals surface area contributed by atoms with Crippen LogP contribution in [0.25, 0.3) is 0 Å². The number of aliphatic hydroxyl groups excluding tert-OH is 1. The predicted octanol–water partition coefficient (Wildman–Crippen LogP) is 1.75. The first-order valence-electron chi connectivity index (χ1n) is 4.37. The van der Waals surface area contributed by atoms with E-state index in [4.69, 9.17) is 21.5 Å². The summed E-state index contributed by atoms with van der Waals surface area (Å²) in [6, 6.07) is 1.72. The molecule has 4 nitrogen and oxygen atoms in total. The highest BCUT2D eigenvalue weighted by molar-refractivity contribution is 7.14. The van der Waals surface area contributed by atoms with E-state index in [1.54, 1.807) is 13.0 Å². The van der Waals surface area contributed by atoms with Crippen molar-refractivity contribution in [3.8, 4) is 0 Å². The smallest absolute Gasteiger partial charge is 0.286 e. The van der Waals surface area contributed by atoms with Crippen LogP contribution < -0.4 is 5.48 Å². The number of hydrogen-bond donors (Lipinski definition) is 2. The summed E-state index contributed by atoms with van der Waals surface area (Å²) < 4.78 is 0. The van der Waals surface area contributed by atoms with Crippen LogP contribution in [-0.2, 0) is 4.84 Å². The Morgan fingerprint density at radius 3 is 2.93 bits per heavy atom. The number of hydrogen-bond acceptors (Lipinski definition) is 4. The Morgan fingerprint density at radius 2 is 2.47 bits per heavy atom. The Balaban J connectivity index is 2.50. The number of thiophene rings is 1. The molecule has 0 aliphatic rings. The highest BCUT2D eigenvalue weighted by Crippen LogP contribution is 2.25. The van der Waals surface area contributed by atoms with E-state index >= 15 is 0 Å². The van der Waals surface area contributed by atoms with Gasteiger partial charge in [0.1, 0.15) is 11.5 Å². The van der Waals surface area contributed by atoms with Crippen molar-refractivity contribution in [2.45, 2.75) is 20.0 Å². The van der Waals surface area contributed by atoms with E-state index in [9.17, 15) is 4.79 Å². The second-order valence-corrected chi connectivity index (χ2v) is 4.79. The van der Waals surface area contributed by atoms with Gasteiger partial charge in [-0.2, -0.15) is 0 Å². The molecule has 0 radical (unpaired) electrons. The van der Waals surface area contributed by atoms with Gasteiger partial charge in [-0.15, -0.1) is 11.3 Å². The van der Waals surface area contributed by atoms with Crippen LogP contribution in [-0.4, -0.2) is 23.7 Å². The molecule has 1 rings (SSSR count). The van der Waals surface area contributed by atoms with Crippen LogP contribution in [0.3, 0.4) is 0 Å². The number of halogens is 1. The Bertz CT molecular complexity index is 351. The molecule has 15 heavy (non-hydrogen) atoms. The lowest BCUT2D eigenvalue weighted by Gasteiger charge is -2.06. The second kappa shape index (κ2) is 5.46. The van der Waals surface area contributed by atoms with Crippen LogP contribution >= 0.6 is 22.9 Å². The van der Waals surface area contributed by atoms with Gasteiger partial charge in [-0.1, -0.05) is 11.6 Å². The maximum absolute atomic E-state index is 11.5. The summed E-state index contributed by atoms with van der Waals surface area (Å²) in [5.74, 6) is -0.390. The average Bonchev–Trinajstić information content (AvgIpc) is 2.44. The van der Waals surface area contributed by atoms with E-state index in [1.165, 1.54) is 11.3 Å². The molecular weight excluding hydrogens is 238 g/mol. The molecule has 0 saturated carbocycles. The topological polar surface area (TPSA) is 58.6 Å². The largest absolute Gasteiger partial charge is 0.391 e. The van der Waals surface area contributed by atoms with Gasteiger partial charge in [-0.25, -0.2) is 5.48 Å². The van der Waals surface area contributed by atoms with E-state index in [0.29, 0.717) is 9.90 Å². The SMILES string of the molecule is Cc1cc(Cl)c(C(=O)NOC[C@H](C)O)s1. The van der Waals surface area contributed by atoms with Crippen LogP contribution in [0.1, 0.15) is 21.5 Å². The minimum atomic E-state index is -0.620. The number of amides is 1. The zero-order valence-electron chi connectivity index (χ0n) is 8.41. The summed E-state index contributed by atoms with van der Waals surface area (Å²) in [5, 5.41) is 9.31. The Hall–Kier alpha value is -0.620. The van der Waals surface area contributed by atoms with Gasteiger partial charge in [0, 0.05) is 4.88 Å². The summed E-state index contributed by atoms with van der Waals surface area (Å²) in [5.41, 5.74) is 2.21. The quantitative estimate of drug-likeness (QED) is 0.800. The molecule has 0 saturated heterocycles. The van der Waals surface area contributed by atoms with Gasteiger partial charge in [-0.05, 0) is 19.9 Å². The normalized spacial score (nSPS) is 12.5. The molecule has 0 aromatic carbocycles. The number of aliphatic hydroxyl groups is 1. The molecule has 0 spiro atoms. The van der Waals surface area contributed by atoms with Crippen LogP contribution in [0.5, 0.6) is 0 Å². The lowest BCUT2D eigenvalue weighted by atomic mass is 10.4.